The number of nitrogens with one attached hydrogen (secondary N) is 1. The highest BCUT2D eigenvalue weighted by atomic mass is 32.2. The molecule has 9 heteroatoms. The Morgan fingerprint density at radius 3 is 2.37 bits per heavy atom. The van der Waals surface area contributed by atoms with Gasteiger partial charge in [0.2, 0.25) is 0 Å². The highest BCUT2D eigenvalue weighted by Gasteiger charge is 2.41. The number of rotatable bonds is 8. The Morgan fingerprint density at radius 1 is 1.09 bits per heavy atom. The lowest BCUT2D eigenvalue weighted by Crippen LogP contribution is -2.52. The van der Waals surface area contributed by atoms with Crippen LogP contribution in [0.2, 0.25) is 0 Å². The first-order chi connectivity index (χ1) is 16.9. The quantitative estimate of drug-likeness (QED) is 0.601. The Labute approximate surface area is 208 Å². The number of amides is 1. The fraction of sp³-hybridized carbons (Fsp3) is 0.500. The molecule has 2 aromatic rings. The minimum atomic E-state index is -3.53. The van der Waals surface area contributed by atoms with Crippen LogP contribution in [0.25, 0.3) is 0 Å². The van der Waals surface area contributed by atoms with Crippen LogP contribution in [0.15, 0.2) is 54.6 Å². The maximum absolute atomic E-state index is 13.2. The van der Waals surface area contributed by atoms with Gasteiger partial charge in [-0.05, 0) is 43.4 Å². The van der Waals surface area contributed by atoms with Crippen molar-refractivity contribution >= 4 is 16.1 Å². The Morgan fingerprint density at radius 2 is 1.71 bits per heavy atom. The molecule has 2 fully saturated rings. The zero-order valence-corrected chi connectivity index (χ0v) is 21.3. The molecule has 2 aromatic carbocycles. The summed E-state index contributed by atoms with van der Waals surface area (Å²) in [6.45, 7) is 2.12. The molecule has 4 rings (SSSR count). The lowest BCUT2D eigenvalue weighted by molar-refractivity contribution is 0.0688. The van der Waals surface area contributed by atoms with Crippen molar-refractivity contribution < 1.29 is 22.7 Å². The molecule has 190 valence electrons. The number of nitrogens with zero attached hydrogens (tertiary/aromatic N) is 2. The number of carbonyl (C=O) groups excluding carboxylic acids is 1. The molecule has 1 N–H and O–H groups in total. The summed E-state index contributed by atoms with van der Waals surface area (Å²) in [6, 6.07) is 17.3. The van der Waals surface area contributed by atoms with Crippen molar-refractivity contribution in [2.75, 3.05) is 47.0 Å². The van der Waals surface area contributed by atoms with Crippen LogP contribution in [-0.2, 0) is 20.4 Å². The smallest absolute Gasteiger partial charge is 0.282 e. The van der Waals surface area contributed by atoms with E-state index in [9.17, 15) is 13.2 Å². The van der Waals surface area contributed by atoms with E-state index < -0.39 is 10.2 Å². The zero-order chi connectivity index (χ0) is 24.9. The lowest BCUT2D eigenvalue weighted by Gasteiger charge is -2.43. The van der Waals surface area contributed by atoms with Gasteiger partial charge in [0.1, 0.15) is 5.75 Å². The summed E-state index contributed by atoms with van der Waals surface area (Å²) in [4.78, 5) is 13.0. The summed E-state index contributed by atoms with van der Waals surface area (Å²) >= 11 is 0. The number of morpholine rings is 1. The first-order valence-electron chi connectivity index (χ1n) is 12.1. The van der Waals surface area contributed by atoms with E-state index in [4.69, 9.17) is 9.47 Å². The van der Waals surface area contributed by atoms with Crippen LogP contribution in [0.5, 0.6) is 5.75 Å². The SMILES string of the molecule is COc1ccccc1C(=O)NCC1(c2ccccc2)CCC(N(C)S(=O)(=O)N2CCOCC2)CC1. The topological polar surface area (TPSA) is 88.2 Å². The third kappa shape index (κ3) is 5.53. The van der Waals surface area contributed by atoms with Crippen molar-refractivity contribution in [1.82, 2.24) is 13.9 Å². The summed E-state index contributed by atoms with van der Waals surface area (Å²) < 4.78 is 40.1. The van der Waals surface area contributed by atoms with E-state index in [1.165, 1.54) is 4.31 Å². The number of para-hydroxylation sites is 1. The van der Waals surface area contributed by atoms with E-state index >= 15 is 0 Å². The van der Waals surface area contributed by atoms with E-state index in [-0.39, 0.29) is 17.4 Å². The molecule has 0 atom stereocenters. The van der Waals surface area contributed by atoms with Crippen LogP contribution >= 0.6 is 0 Å². The van der Waals surface area contributed by atoms with Gasteiger partial charge in [-0.25, -0.2) is 0 Å². The van der Waals surface area contributed by atoms with Crippen LogP contribution in [0.4, 0.5) is 0 Å². The number of methoxy groups -OCH3 is 1. The molecule has 8 nitrogen and oxygen atoms in total. The van der Waals surface area contributed by atoms with Crippen LogP contribution in [0.3, 0.4) is 0 Å². The van der Waals surface area contributed by atoms with Gasteiger partial charge in [-0.15, -0.1) is 0 Å². The summed E-state index contributed by atoms with van der Waals surface area (Å²) in [6.07, 6.45) is 2.99. The average molecular weight is 502 g/mol. The summed E-state index contributed by atoms with van der Waals surface area (Å²) in [5.41, 5.74) is 1.40. The minimum absolute atomic E-state index is 0.0791. The monoisotopic (exact) mass is 501 g/mol. The van der Waals surface area contributed by atoms with E-state index in [0.29, 0.717) is 44.2 Å². The van der Waals surface area contributed by atoms with Crippen molar-refractivity contribution in [3.05, 3.63) is 65.7 Å². The Hall–Kier alpha value is -2.46. The first kappa shape index (κ1) is 25.6. The van der Waals surface area contributed by atoms with Gasteiger partial charge in [0.05, 0.1) is 25.9 Å². The van der Waals surface area contributed by atoms with Gasteiger partial charge in [0.15, 0.2) is 0 Å². The van der Waals surface area contributed by atoms with Crippen molar-refractivity contribution in [2.45, 2.75) is 37.1 Å². The van der Waals surface area contributed by atoms with Gasteiger partial charge in [0, 0.05) is 38.1 Å². The van der Waals surface area contributed by atoms with Crippen LogP contribution in [0.1, 0.15) is 41.6 Å². The largest absolute Gasteiger partial charge is 0.496 e. The molecule has 0 unspecified atom stereocenters. The van der Waals surface area contributed by atoms with E-state index in [1.54, 1.807) is 30.6 Å². The molecule has 1 saturated carbocycles. The molecule has 35 heavy (non-hydrogen) atoms. The number of ether oxygens (including phenoxy) is 2. The molecule has 0 spiro atoms. The Kier molecular flexibility index (Phi) is 8.11. The second-order valence-electron chi connectivity index (χ2n) is 9.30. The molecular weight excluding hydrogens is 466 g/mol. The predicted molar refractivity (Wildman–Crippen MR) is 135 cm³/mol. The summed E-state index contributed by atoms with van der Waals surface area (Å²) in [7, 11) is -0.285. The number of hydrogen-bond acceptors (Lipinski definition) is 5. The number of benzene rings is 2. The second-order valence-corrected chi connectivity index (χ2v) is 11.3. The van der Waals surface area contributed by atoms with Crippen molar-refractivity contribution in [3.63, 3.8) is 0 Å². The van der Waals surface area contributed by atoms with Crippen molar-refractivity contribution in [2.24, 2.45) is 0 Å². The number of hydrogen-bond donors (Lipinski definition) is 1. The third-order valence-electron chi connectivity index (χ3n) is 7.41. The molecule has 0 aromatic heterocycles. The van der Waals surface area contributed by atoms with Crippen LogP contribution in [-0.4, -0.2) is 76.0 Å². The molecule has 0 bridgehead atoms. The zero-order valence-electron chi connectivity index (χ0n) is 20.5. The molecule has 1 saturated heterocycles. The summed E-state index contributed by atoms with van der Waals surface area (Å²) in [5.74, 6) is 0.365. The molecule has 1 amide bonds. The maximum Gasteiger partial charge on any atom is 0.282 e. The van der Waals surface area contributed by atoms with Gasteiger partial charge < -0.3 is 14.8 Å². The first-order valence-corrected chi connectivity index (χ1v) is 13.5. The predicted octanol–water partition coefficient (Wildman–Crippen LogP) is 2.81. The molecule has 2 aliphatic rings. The Balaban J connectivity index is 1.48. The standard InChI is InChI=1S/C26H35N3O5S/c1-28(35(31,32)29-16-18-34-19-17-29)22-12-14-26(15-13-22,21-8-4-3-5-9-21)20-27-25(30)23-10-6-7-11-24(23)33-2/h3-11,22H,12-20H2,1-2H3,(H,27,30). The normalized spacial score (nSPS) is 23.7. The third-order valence-corrected chi connectivity index (χ3v) is 9.46. The van der Waals surface area contributed by atoms with Crippen molar-refractivity contribution in [1.29, 1.82) is 0 Å². The van der Waals surface area contributed by atoms with Crippen LogP contribution < -0.4 is 10.1 Å². The van der Waals surface area contributed by atoms with Gasteiger partial charge in [-0.1, -0.05) is 42.5 Å². The van der Waals surface area contributed by atoms with Gasteiger partial charge in [-0.3, -0.25) is 4.79 Å². The van der Waals surface area contributed by atoms with E-state index in [2.05, 4.69) is 17.4 Å². The highest BCUT2D eigenvalue weighted by molar-refractivity contribution is 7.86. The molecular formula is C26H35N3O5S. The van der Waals surface area contributed by atoms with E-state index in [1.807, 2.05) is 30.3 Å². The highest BCUT2D eigenvalue weighted by Crippen LogP contribution is 2.41. The van der Waals surface area contributed by atoms with E-state index in [0.717, 1.165) is 31.2 Å². The number of carbonyl (C=O) groups is 1. The van der Waals surface area contributed by atoms with Gasteiger partial charge in [0.25, 0.3) is 16.1 Å². The molecule has 0 radical (unpaired) electrons. The minimum Gasteiger partial charge on any atom is -0.496 e. The molecule has 1 aliphatic carbocycles. The van der Waals surface area contributed by atoms with Crippen LogP contribution in [0, 0.1) is 0 Å². The molecule has 1 heterocycles. The maximum atomic E-state index is 13.2. The van der Waals surface area contributed by atoms with Crippen molar-refractivity contribution in [3.8, 4) is 5.75 Å². The van der Waals surface area contributed by atoms with Gasteiger partial charge >= 0.3 is 0 Å². The summed E-state index contributed by atoms with van der Waals surface area (Å²) in [5, 5.41) is 3.14. The fourth-order valence-corrected chi connectivity index (χ4v) is 6.77. The average Bonchev–Trinajstić information content (AvgIpc) is 2.92. The Bertz CT molecular complexity index is 1090. The lowest BCUT2D eigenvalue weighted by atomic mass is 9.68. The fourth-order valence-electron chi connectivity index (χ4n) is 5.20. The molecule has 1 aliphatic heterocycles. The van der Waals surface area contributed by atoms with Gasteiger partial charge in [-0.2, -0.15) is 17.0 Å². The second kappa shape index (κ2) is 11.1.